The highest BCUT2D eigenvalue weighted by Gasteiger charge is 2.08. The Morgan fingerprint density at radius 1 is 0.875 bits per heavy atom. The maximum Gasteiger partial charge on any atom is 0.134 e. The average Bonchev–Trinajstić information content (AvgIpc) is 2.28. The van der Waals surface area contributed by atoms with E-state index >= 15 is 0 Å². The van der Waals surface area contributed by atoms with Crippen molar-refractivity contribution in [3.8, 4) is 11.5 Å². The molecule has 1 rings (SSSR count). The summed E-state index contributed by atoms with van der Waals surface area (Å²) in [5.41, 5.74) is 0. The number of halogens is 2. The molecule has 0 aliphatic rings. The largest absolute Gasteiger partial charge is 0.490 e. The van der Waals surface area contributed by atoms with Gasteiger partial charge in [-0.25, -0.2) is 0 Å². The molecule has 0 saturated carbocycles. The van der Waals surface area contributed by atoms with Gasteiger partial charge in [0.15, 0.2) is 0 Å². The summed E-state index contributed by atoms with van der Waals surface area (Å²) in [4.78, 5) is 0. The highest BCUT2D eigenvalue weighted by molar-refractivity contribution is 14.1. The number of hydrogen-bond acceptors (Lipinski definition) is 4. The van der Waals surface area contributed by atoms with E-state index in [1.807, 2.05) is 12.1 Å². The first kappa shape index (κ1) is 14.3. The quantitative estimate of drug-likeness (QED) is 0.648. The third kappa shape index (κ3) is 4.22. The molecular weight excluding hydrogens is 438 g/mol. The van der Waals surface area contributed by atoms with Gasteiger partial charge in [0.1, 0.15) is 24.7 Å². The molecule has 90 valence electrons. The highest BCUT2D eigenvalue weighted by atomic mass is 127. The number of aliphatic hydroxyl groups excluding tert-OH is 2. The molecule has 0 heterocycles. The molecule has 0 fully saturated rings. The van der Waals surface area contributed by atoms with Gasteiger partial charge in [-0.3, -0.25) is 0 Å². The molecule has 16 heavy (non-hydrogen) atoms. The Hall–Kier alpha value is 0.200. The fourth-order valence-electron chi connectivity index (χ4n) is 1.04. The molecule has 6 heteroatoms. The zero-order valence-corrected chi connectivity index (χ0v) is 12.8. The lowest BCUT2D eigenvalue weighted by atomic mass is 10.3. The van der Waals surface area contributed by atoms with E-state index in [9.17, 15) is 0 Å². The SMILES string of the molecule is OCCOc1cc(I)c(OCCO)cc1I. The second kappa shape index (κ2) is 7.51. The topological polar surface area (TPSA) is 58.9 Å². The normalized spacial score (nSPS) is 10.2. The summed E-state index contributed by atoms with van der Waals surface area (Å²) in [7, 11) is 0. The van der Waals surface area contributed by atoms with Crippen LogP contribution >= 0.6 is 45.2 Å². The molecule has 1 aromatic rings. The van der Waals surface area contributed by atoms with Gasteiger partial charge in [-0.1, -0.05) is 0 Å². The minimum atomic E-state index is -0.00454. The van der Waals surface area contributed by atoms with Gasteiger partial charge in [0.2, 0.25) is 0 Å². The van der Waals surface area contributed by atoms with E-state index in [1.165, 1.54) is 0 Å². The molecule has 0 amide bonds. The zero-order valence-electron chi connectivity index (χ0n) is 8.45. The van der Waals surface area contributed by atoms with Crippen LogP contribution in [0.2, 0.25) is 0 Å². The van der Waals surface area contributed by atoms with E-state index in [2.05, 4.69) is 45.2 Å². The Bertz CT molecular complexity index is 310. The van der Waals surface area contributed by atoms with E-state index in [1.54, 1.807) is 0 Å². The lowest BCUT2D eigenvalue weighted by Gasteiger charge is -2.11. The van der Waals surface area contributed by atoms with Gasteiger partial charge >= 0.3 is 0 Å². The fourth-order valence-corrected chi connectivity index (χ4v) is 2.23. The van der Waals surface area contributed by atoms with Crippen LogP contribution in [0.5, 0.6) is 11.5 Å². The summed E-state index contributed by atoms with van der Waals surface area (Å²) >= 11 is 4.28. The third-order valence-corrected chi connectivity index (χ3v) is 3.37. The van der Waals surface area contributed by atoms with E-state index in [-0.39, 0.29) is 26.4 Å². The summed E-state index contributed by atoms with van der Waals surface area (Å²) in [5, 5.41) is 17.4. The van der Waals surface area contributed by atoms with Crippen molar-refractivity contribution in [2.24, 2.45) is 0 Å². The molecule has 4 nitrogen and oxygen atoms in total. The third-order valence-electron chi connectivity index (χ3n) is 1.68. The van der Waals surface area contributed by atoms with Crippen LogP contribution in [0.25, 0.3) is 0 Å². The number of aliphatic hydroxyl groups is 2. The minimum Gasteiger partial charge on any atom is -0.490 e. The highest BCUT2D eigenvalue weighted by Crippen LogP contribution is 2.31. The van der Waals surface area contributed by atoms with Crippen LogP contribution in [-0.4, -0.2) is 36.6 Å². The van der Waals surface area contributed by atoms with Gasteiger partial charge in [-0.2, -0.15) is 0 Å². The van der Waals surface area contributed by atoms with Crippen molar-refractivity contribution < 1.29 is 19.7 Å². The summed E-state index contributed by atoms with van der Waals surface area (Å²) in [6, 6.07) is 3.70. The molecule has 0 spiro atoms. The first-order valence-electron chi connectivity index (χ1n) is 4.65. The predicted molar refractivity (Wildman–Crippen MR) is 77.0 cm³/mol. The standard InChI is InChI=1S/C10H12I2O4/c11-7-6-10(16-4-2-14)8(12)5-9(7)15-3-1-13/h5-6,13-14H,1-4H2. The molecule has 0 radical (unpaired) electrons. The Kier molecular flexibility index (Phi) is 6.70. The molecule has 0 aliphatic heterocycles. The second-order valence-corrected chi connectivity index (χ2v) is 5.18. The van der Waals surface area contributed by atoms with Crippen LogP contribution in [0.3, 0.4) is 0 Å². The summed E-state index contributed by atoms with van der Waals surface area (Å²) in [6.45, 7) is 0.552. The number of hydrogen-bond donors (Lipinski definition) is 2. The molecule has 0 atom stereocenters. The number of rotatable bonds is 6. The summed E-state index contributed by atoms with van der Waals surface area (Å²) < 4.78 is 12.6. The van der Waals surface area contributed by atoms with Gasteiger partial charge in [0.25, 0.3) is 0 Å². The summed E-state index contributed by atoms with van der Waals surface area (Å²) in [5.74, 6) is 1.46. The van der Waals surface area contributed by atoms with Crippen molar-refractivity contribution in [2.75, 3.05) is 26.4 Å². The molecule has 2 N–H and O–H groups in total. The first-order valence-corrected chi connectivity index (χ1v) is 6.81. The van der Waals surface area contributed by atoms with Gasteiger partial charge in [-0.05, 0) is 57.3 Å². The molecule has 0 unspecified atom stereocenters. The van der Waals surface area contributed by atoms with E-state index in [0.717, 1.165) is 18.6 Å². The maximum atomic E-state index is 8.68. The van der Waals surface area contributed by atoms with Crippen LogP contribution in [0.4, 0.5) is 0 Å². The Labute approximate surface area is 121 Å². The Morgan fingerprint density at radius 3 is 1.56 bits per heavy atom. The van der Waals surface area contributed by atoms with E-state index in [4.69, 9.17) is 19.7 Å². The maximum absolute atomic E-state index is 8.68. The van der Waals surface area contributed by atoms with E-state index < -0.39 is 0 Å². The molecule has 1 aromatic carbocycles. The molecule has 0 aromatic heterocycles. The summed E-state index contributed by atoms with van der Waals surface area (Å²) in [6.07, 6.45) is 0. The van der Waals surface area contributed by atoms with Crippen LogP contribution in [0, 0.1) is 7.14 Å². The monoisotopic (exact) mass is 450 g/mol. The lowest BCUT2D eigenvalue weighted by molar-refractivity contribution is 0.196. The van der Waals surface area contributed by atoms with Crippen LogP contribution < -0.4 is 9.47 Å². The smallest absolute Gasteiger partial charge is 0.134 e. The predicted octanol–water partition coefficient (Wildman–Crippen LogP) is 1.64. The molecule has 0 saturated heterocycles. The van der Waals surface area contributed by atoms with Gasteiger partial charge in [0.05, 0.1) is 20.4 Å². The van der Waals surface area contributed by atoms with Crippen molar-refractivity contribution in [3.05, 3.63) is 19.3 Å². The fraction of sp³-hybridized carbons (Fsp3) is 0.400. The van der Waals surface area contributed by atoms with Crippen molar-refractivity contribution in [3.63, 3.8) is 0 Å². The van der Waals surface area contributed by atoms with Gasteiger partial charge in [0, 0.05) is 0 Å². The van der Waals surface area contributed by atoms with Crippen LogP contribution in [0.1, 0.15) is 0 Å². The average molecular weight is 450 g/mol. The molecular formula is C10H12I2O4. The minimum absolute atomic E-state index is 0.00454. The first-order chi connectivity index (χ1) is 7.69. The number of benzene rings is 1. The van der Waals surface area contributed by atoms with Crippen LogP contribution in [-0.2, 0) is 0 Å². The second-order valence-electron chi connectivity index (χ2n) is 2.86. The Balaban J connectivity index is 2.79. The Morgan fingerprint density at radius 2 is 1.25 bits per heavy atom. The van der Waals surface area contributed by atoms with Gasteiger partial charge < -0.3 is 19.7 Å². The van der Waals surface area contributed by atoms with Crippen molar-refractivity contribution in [1.82, 2.24) is 0 Å². The van der Waals surface area contributed by atoms with Crippen molar-refractivity contribution >= 4 is 45.2 Å². The number of ether oxygens (including phenoxy) is 2. The zero-order chi connectivity index (χ0) is 12.0. The van der Waals surface area contributed by atoms with E-state index in [0.29, 0.717) is 0 Å². The lowest BCUT2D eigenvalue weighted by Crippen LogP contribution is -2.05. The van der Waals surface area contributed by atoms with Crippen molar-refractivity contribution in [1.29, 1.82) is 0 Å². The molecule has 0 bridgehead atoms. The van der Waals surface area contributed by atoms with Crippen LogP contribution in [0.15, 0.2) is 12.1 Å². The van der Waals surface area contributed by atoms with Gasteiger partial charge in [-0.15, -0.1) is 0 Å². The molecule has 0 aliphatic carbocycles. The van der Waals surface area contributed by atoms with Crippen molar-refractivity contribution in [2.45, 2.75) is 0 Å².